The van der Waals surface area contributed by atoms with Crippen molar-refractivity contribution in [1.82, 2.24) is 9.78 Å². The van der Waals surface area contributed by atoms with E-state index in [1.54, 1.807) is 6.20 Å². The van der Waals surface area contributed by atoms with Crippen molar-refractivity contribution in [3.05, 3.63) is 18.0 Å². The fourth-order valence-corrected chi connectivity index (χ4v) is 1.82. The Kier molecular flexibility index (Phi) is 3.01. The molecule has 0 amide bonds. The maximum Gasteiger partial charge on any atom is 0.303 e. The number of nitrogens with zero attached hydrogens (tertiary/aromatic N) is 2. The molecule has 1 N–H and O–H groups in total. The van der Waals surface area contributed by atoms with E-state index in [1.807, 2.05) is 10.7 Å². The van der Waals surface area contributed by atoms with Crippen LogP contribution < -0.4 is 0 Å². The molecule has 1 aromatic heterocycles. The number of hydrogen-bond donors (Lipinski definition) is 1. The number of hydrogen-bond acceptors (Lipinski definition) is 3. The summed E-state index contributed by atoms with van der Waals surface area (Å²) in [7, 11) is 0. The third kappa shape index (κ3) is 2.36. The summed E-state index contributed by atoms with van der Waals surface area (Å²) in [5.74, 6) is -0.773. The van der Waals surface area contributed by atoms with Crippen LogP contribution in [0, 0.1) is 0 Å². The number of ether oxygens (including phenoxy) is 1. The lowest BCUT2D eigenvalue weighted by Crippen LogP contribution is -2.14. The van der Waals surface area contributed by atoms with Gasteiger partial charge in [-0.3, -0.25) is 9.48 Å². The molecule has 0 bridgehead atoms. The van der Waals surface area contributed by atoms with E-state index >= 15 is 0 Å². The third-order valence-electron chi connectivity index (χ3n) is 2.60. The van der Waals surface area contributed by atoms with Gasteiger partial charge in [-0.25, -0.2) is 0 Å². The minimum Gasteiger partial charge on any atom is -0.481 e. The van der Waals surface area contributed by atoms with E-state index in [9.17, 15) is 4.79 Å². The average molecular weight is 210 g/mol. The number of carbonyl (C=O) groups is 1. The molecule has 2 rings (SSSR count). The second-order valence-corrected chi connectivity index (χ2v) is 3.68. The highest BCUT2D eigenvalue weighted by molar-refractivity contribution is 5.66. The standard InChI is InChI=1S/C10H14N2O3/c13-10(14)2-1-8-3-5-11-12(8)9-4-6-15-7-9/h3,5,9H,1-2,4,6-7H2,(H,13,14). The number of aliphatic carboxylic acids is 1. The van der Waals surface area contributed by atoms with Crippen molar-refractivity contribution >= 4 is 5.97 Å². The molecule has 1 unspecified atom stereocenters. The highest BCUT2D eigenvalue weighted by Crippen LogP contribution is 2.20. The third-order valence-corrected chi connectivity index (χ3v) is 2.60. The Labute approximate surface area is 87.7 Å². The van der Waals surface area contributed by atoms with E-state index in [1.165, 1.54) is 0 Å². The van der Waals surface area contributed by atoms with Crippen LogP contribution in [0.4, 0.5) is 0 Å². The van der Waals surface area contributed by atoms with E-state index in [4.69, 9.17) is 9.84 Å². The molecular weight excluding hydrogens is 196 g/mol. The Morgan fingerprint density at radius 1 is 1.73 bits per heavy atom. The lowest BCUT2D eigenvalue weighted by Gasteiger charge is -2.12. The van der Waals surface area contributed by atoms with Gasteiger partial charge >= 0.3 is 5.97 Å². The molecule has 5 nitrogen and oxygen atoms in total. The van der Waals surface area contributed by atoms with Gasteiger partial charge in [-0.15, -0.1) is 0 Å². The Bertz CT molecular complexity index is 342. The molecule has 0 saturated carbocycles. The Hall–Kier alpha value is -1.36. The van der Waals surface area contributed by atoms with Crippen LogP contribution in [0.15, 0.2) is 12.3 Å². The van der Waals surface area contributed by atoms with Crippen LogP contribution in [0.2, 0.25) is 0 Å². The van der Waals surface area contributed by atoms with Crippen molar-refractivity contribution < 1.29 is 14.6 Å². The van der Waals surface area contributed by atoms with Crippen molar-refractivity contribution in [1.29, 1.82) is 0 Å². The number of aryl methyl sites for hydroxylation is 1. The number of rotatable bonds is 4. The van der Waals surface area contributed by atoms with Gasteiger partial charge in [0.1, 0.15) is 0 Å². The van der Waals surface area contributed by atoms with Crippen LogP contribution >= 0.6 is 0 Å². The fourth-order valence-electron chi connectivity index (χ4n) is 1.82. The number of aromatic nitrogens is 2. The van der Waals surface area contributed by atoms with Gasteiger partial charge in [-0.05, 0) is 18.9 Å². The number of carboxylic acid groups (broad SMARTS) is 1. The van der Waals surface area contributed by atoms with Gasteiger partial charge < -0.3 is 9.84 Å². The van der Waals surface area contributed by atoms with E-state index in [0.29, 0.717) is 13.0 Å². The highest BCUT2D eigenvalue weighted by atomic mass is 16.5. The molecule has 1 fully saturated rings. The van der Waals surface area contributed by atoms with E-state index < -0.39 is 5.97 Å². The average Bonchev–Trinajstić information content (AvgIpc) is 2.85. The molecule has 1 saturated heterocycles. The van der Waals surface area contributed by atoms with Gasteiger partial charge in [-0.2, -0.15) is 5.10 Å². The highest BCUT2D eigenvalue weighted by Gasteiger charge is 2.20. The number of carboxylic acids is 1. The van der Waals surface area contributed by atoms with Crippen molar-refractivity contribution in [3.63, 3.8) is 0 Å². The predicted octanol–water partition coefficient (Wildman–Crippen LogP) is 0.862. The summed E-state index contributed by atoms with van der Waals surface area (Å²) in [4.78, 5) is 10.5. The maximum atomic E-state index is 10.5. The smallest absolute Gasteiger partial charge is 0.303 e. The van der Waals surface area contributed by atoms with E-state index in [-0.39, 0.29) is 12.5 Å². The maximum absolute atomic E-state index is 10.5. The summed E-state index contributed by atoms with van der Waals surface area (Å²) in [6, 6.07) is 2.16. The topological polar surface area (TPSA) is 64.3 Å². The van der Waals surface area contributed by atoms with Gasteiger partial charge in [0.25, 0.3) is 0 Å². The summed E-state index contributed by atoms with van der Waals surface area (Å²) in [5.41, 5.74) is 0.980. The van der Waals surface area contributed by atoms with Crippen LogP contribution in [0.3, 0.4) is 0 Å². The van der Waals surface area contributed by atoms with Crippen LogP contribution in [0.5, 0.6) is 0 Å². The van der Waals surface area contributed by atoms with E-state index in [2.05, 4.69) is 5.10 Å². The molecule has 0 radical (unpaired) electrons. The quantitative estimate of drug-likeness (QED) is 0.800. The Morgan fingerprint density at radius 2 is 2.60 bits per heavy atom. The van der Waals surface area contributed by atoms with Gasteiger partial charge in [0.15, 0.2) is 0 Å². The first-order valence-corrected chi connectivity index (χ1v) is 5.09. The molecule has 15 heavy (non-hydrogen) atoms. The molecule has 82 valence electrons. The van der Waals surface area contributed by atoms with Crippen LogP contribution in [0.25, 0.3) is 0 Å². The van der Waals surface area contributed by atoms with Crippen LogP contribution in [-0.4, -0.2) is 34.1 Å². The normalized spacial score (nSPS) is 20.7. The van der Waals surface area contributed by atoms with Crippen molar-refractivity contribution in [2.75, 3.05) is 13.2 Å². The van der Waals surface area contributed by atoms with Gasteiger partial charge in [0.05, 0.1) is 19.1 Å². The molecule has 0 spiro atoms. The summed E-state index contributed by atoms with van der Waals surface area (Å²) >= 11 is 0. The van der Waals surface area contributed by atoms with Crippen molar-refractivity contribution in [3.8, 4) is 0 Å². The molecule has 5 heteroatoms. The first kappa shape index (κ1) is 10.2. The minimum absolute atomic E-state index is 0.152. The summed E-state index contributed by atoms with van der Waals surface area (Å²) < 4.78 is 7.18. The zero-order chi connectivity index (χ0) is 10.7. The predicted molar refractivity (Wildman–Crippen MR) is 52.7 cm³/mol. The lowest BCUT2D eigenvalue weighted by atomic mass is 10.2. The largest absolute Gasteiger partial charge is 0.481 e. The lowest BCUT2D eigenvalue weighted by molar-refractivity contribution is -0.137. The molecule has 1 atom stereocenters. The van der Waals surface area contributed by atoms with Crippen LogP contribution in [0.1, 0.15) is 24.6 Å². The van der Waals surface area contributed by atoms with Crippen LogP contribution in [-0.2, 0) is 16.0 Å². The van der Waals surface area contributed by atoms with E-state index in [0.717, 1.165) is 18.7 Å². The van der Waals surface area contributed by atoms with Gasteiger partial charge in [0, 0.05) is 18.5 Å². The Balaban J connectivity index is 2.04. The molecule has 1 aliphatic rings. The molecule has 0 aliphatic carbocycles. The fraction of sp³-hybridized carbons (Fsp3) is 0.600. The molecule has 0 aromatic carbocycles. The second kappa shape index (κ2) is 4.44. The van der Waals surface area contributed by atoms with Crippen molar-refractivity contribution in [2.45, 2.75) is 25.3 Å². The van der Waals surface area contributed by atoms with Crippen molar-refractivity contribution in [2.24, 2.45) is 0 Å². The second-order valence-electron chi connectivity index (χ2n) is 3.68. The molecule has 1 aromatic rings. The Morgan fingerprint density at radius 3 is 3.27 bits per heavy atom. The first-order chi connectivity index (χ1) is 7.27. The van der Waals surface area contributed by atoms with Gasteiger partial charge in [0.2, 0.25) is 0 Å². The molecular formula is C10H14N2O3. The summed E-state index contributed by atoms with van der Waals surface area (Å²) in [6.07, 6.45) is 3.36. The summed E-state index contributed by atoms with van der Waals surface area (Å²) in [6.45, 7) is 1.45. The monoisotopic (exact) mass is 210 g/mol. The first-order valence-electron chi connectivity index (χ1n) is 5.09. The summed E-state index contributed by atoms with van der Waals surface area (Å²) in [5, 5.41) is 12.8. The minimum atomic E-state index is -0.773. The zero-order valence-corrected chi connectivity index (χ0v) is 8.43. The van der Waals surface area contributed by atoms with Gasteiger partial charge in [-0.1, -0.05) is 0 Å². The SMILES string of the molecule is O=C(O)CCc1ccnn1C1CCOC1. The zero-order valence-electron chi connectivity index (χ0n) is 8.43. The molecule has 2 heterocycles. The molecule has 1 aliphatic heterocycles.